The highest BCUT2D eigenvalue weighted by molar-refractivity contribution is 5.09. The highest BCUT2D eigenvalue weighted by atomic mass is 15.2. The Morgan fingerprint density at radius 3 is 2.95 bits per heavy atom. The molecular formula is C15H28N4. The smallest absolute Gasteiger partial charge is 0.0948 e. The van der Waals surface area contributed by atoms with Crippen molar-refractivity contribution in [3.8, 4) is 0 Å². The minimum atomic E-state index is 0.502. The highest BCUT2D eigenvalue weighted by Gasteiger charge is 2.32. The molecule has 1 aliphatic rings. The molecule has 4 heteroatoms. The lowest BCUT2D eigenvalue weighted by atomic mass is 9.87. The maximum absolute atomic E-state index is 4.35. The number of aryl methyl sites for hydroxylation is 1. The predicted molar refractivity (Wildman–Crippen MR) is 79.1 cm³/mol. The molecule has 1 saturated heterocycles. The Labute approximate surface area is 117 Å². The summed E-state index contributed by atoms with van der Waals surface area (Å²) in [6.45, 7) is 9.92. The van der Waals surface area contributed by atoms with Crippen LogP contribution in [0.25, 0.3) is 0 Å². The second-order valence-corrected chi connectivity index (χ2v) is 6.00. The van der Waals surface area contributed by atoms with Crippen LogP contribution in [0, 0.1) is 5.92 Å². The molecule has 1 aliphatic heterocycles. The molecule has 2 rings (SSSR count). The SMILES string of the molecule is CCn1cncc1C1C(CNC(C)C)CCCN1C. The summed E-state index contributed by atoms with van der Waals surface area (Å²) in [6.07, 6.45) is 6.63. The van der Waals surface area contributed by atoms with E-state index in [1.807, 2.05) is 6.33 Å². The van der Waals surface area contributed by atoms with E-state index in [9.17, 15) is 0 Å². The van der Waals surface area contributed by atoms with Gasteiger partial charge in [-0.2, -0.15) is 0 Å². The first-order valence-electron chi connectivity index (χ1n) is 7.57. The van der Waals surface area contributed by atoms with Gasteiger partial charge in [-0.3, -0.25) is 4.90 Å². The number of hydrogen-bond donors (Lipinski definition) is 1. The number of aromatic nitrogens is 2. The van der Waals surface area contributed by atoms with E-state index in [1.165, 1.54) is 25.1 Å². The van der Waals surface area contributed by atoms with Gasteiger partial charge in [0.2, 0.25) is 0 Å². The molecule has 1 aromatic heterocycles. The lowest BCUT2D eigenvalue weighted by Gasteiger charge is -2.40. The van der Waals surface area contributed by atoms with Crippen molar-refractivity contribution in [2.24, 2.45) is 5.92 Å². The van der Waals surface area contributed by atoms with E-state index < -0.39 is 0 Å². The third kappa shape index (κ3) is 3.37. The third-order valence-corrected chi connectivity index (χ3v) is 4.18. The lowest BCUT2D eigenvalue weighted by Crippen LogP contribution is -2.42. The van der Waals surface area contributed by atoms with E-state index in [0.717, 1.165) is 13.1 Å². The first kappa shape index (κ1) is 14.5. The minimum absolute atomic E-state index is 0.502. The molecule has 2 unspecified atom stereocenters. The van der Waals surface area contributed by atoms with Crippen molar-refractivity contribution in [3.05, 3.63) is 18.2 Å². The molecule has 2 atom stereocenters. The number of piperidine rings is 1. The third-order valence-electron chi connectivity index (χ3n) is 4.18. The second-order valence-electron chi connectivity index (χ2n) is 6.00. The van der Waals surface area contributed by atoms with Crippen molar-refractivity contribution in [2.45, 2.75) is 52.2 Å². The molecular weight excluding hydrogens is 236 g/mol. The summed E-state index contributed by atoms with van der Waals surface area (Å²) in [5.41, 5.74) is 1.38. The van der Waals surface area contributed by atoms with Crippen molar-refractivity contribution < 1.29 is 0 Å². The quantitative estimate of drug-likeness (QED) is 0.886. The Morgan fingerprint density at radius 2 is 2.26 bits per heavy atom. The van der Waals surface area contributed by atoms with Crippen LogP contribution in [-0.2, 0) is 6.54 Å². The van der Waals surface area contributed by atoms with Gasteiger partial charge >= 0.3 is 0 Å². The van der Waals surface area contributed by atoms with E-state index in [4.69, 9.17) is 0 Å². The number of likely N-dealkylation sites (tertiary alicyclic amines) is 1. The predicted octanol–water partition coefficient (Wildman–Crippen LogP) is 2.28. The Kier molecular flexibility index (Phi) is 4.99. The number of nitrogens with zero attached hydrogens (tertiary/aromatic N) is 3. The van der Waals surface area contributed by atoms with Crippen LogP contribution in [0.3, 0.4) is 0 Å². The van der Waals surface area contributed by atoms with Crippen molar-refractivity contribution >= 4 is 0 Å². The summed E-state index contributed by atoms with van der Waals surface area (Å²) >= 11 is 0. The van der Waals surface area contributed by atoms with Gasteiger partial charge in [0.05, 0.1) is 18.1 Å². The summed E-state index contributed by atoms with van der Waals surface area (Å²) in [5, 5.41) is 3.61. The molecule has 4 nitrogen and oxygen atoms in total. The Bertz CT molecular complexity index is 385. The van der Waals surface area contributed by atoms with Crippen LogP contribution >= 0.6 is 0 Å². The molecule has 108 valence electrons. The molecule has 1 aromatic rings. The summed E-state index contributed by atoms with van der Waals surface area (Å²) in [7, 11) is 2.25. The first-order valence-corrected chi connectivity index (χ1v) is 7.57. The summed E-state index contributed by atoms with van der Waals surface area (Å²) in [5.74, 6) is 0.683. The van der Waals surface area contributed by atoms with Crippen molar-refractivity contribution in [1.29, 1.82) is 0 Å². The van der Waals surface area contributed by atoms with Gasteiger partial charge < -0.3 is 9.88 Å². The normalized spacial score (nSPS) is 25.1. The molecule has 0 spiro atoms. The molecule has 0 amide bonds. The van der Waals surface area contributed by atoms with Crippen LogP contribution < -0.4 is 5.32 Å². The molecule has 19 heavy (non-hydrogen) atoms. The zero-order valence-electron chi connectivity index (χ0n) is 12.8. The van der Waals surface area contributed by atoms with Crippen LogP contribution in [0.1, 0.15) is 45.3 Å². The fourth-order valence-electron chi connectivity index (χ4n) is 3.17. The second kappa shape index (κ2) is 6.53. The van der Waals surface area contributed by atoms with Gasteiger partial charge in [-0.1, -0.05) is 13.8 Å². The fraction of sp³-hybridized carbons (Fsp3) is 0.800. The Hall–Kier alpha value is -0.870. The molecule has 2 heterocycles. The maximum atomic E-state index is 4.35. The van der Waals surface area contributed by atoms with Gasteiger partial charge in [-0.05, 0) is 39.3 Å². The fourth-order valence-corrected chi connectivity index (χ4v) is 3.17. The number of nitrogens with one attached hydrogen (secondary N) is 1. The van der Waals surface area contributed by atoms with Crippen LogP contribution in [0.15, 0.2) is 12.5 Å². The van der Waals surface area contributed by atoms with E-state index in [-0.39, 0.29) is 0 Å². The van der Waals surface area contributed by atoms with Crippen LogP contribution in [-0.4, -0.2) is 40.6 Å². The summed E-state index contributed by atoms with van der Waals surface area (Å²) in [4.78, 5) is 6.85. The molecule has 1 N–H and O–H groups in total. The molecule has 1 fully saturated rings. The standard InChI is InChI=1S/C15H28N4/c1-5-19-11-16-10-14(19)15-13(9-17-12(2)3)7-6-8-18(15)4/h10-13,15,17H,5-9H2,1-4H3. The number of rotatable bonds is 5. The average molecular weight is 264 g/mol. The van der Waals surface area contributed by atoms with Gasteiger partial charge in [-0.25, -0.2) is 4.98 Å². The summed E-state index contributed by atoms with van der Waals surface area (Å²) in [6, 6.07) is 1.06. The summed E-state index contributed by atoms with van der Waals surface area (Å²) < 4.78 is 2.29. The Balaban J connectivity index is 2.16. The van der Waals surface area contributed by atoms with E-state index in [2.05, 4.69) is 53.8 Å². The van der Waals surface area contributed by atoms with Crippen LogP contribution in [0.4, 0.5) is 0 Å². The molecule has 0 radical (unpaired) electrons. The number of imidazole rings is 1. The molecule has 0 saturated carbocycles. The van der Waals surface area contributed by atoms with E-state index in [0.29, 0.717) is 18.0 Å². The van der Waals surface area contributed by atoms with E-state index >= 15 is 0 Å². The number of hydrogen-bond acceptors (Lipinski definition) is 3. The molecule has 0 bridgehead atoms. The average Bonchev–Trinajstić information content (AvgIpc) is 2.84. The Morgan fingerprint density at radius 1 is 1.47 bits per heavy atom. The van der Waals surface area contributed by atoms with Crippen LogP contribution in [0.5, 0.6) is 0 Å². The highest BCUT2D eigenvalue weighted by Crippen LogP contribution is 2.34. The van der Waals surface area contributed by atoms with Gasteiger partial charge in [-0.15, -0.1) is 0 Å². The van der Waals surface area contributed by atoms with Gasteiger partial charge in [0, 0.05) is 25.3 Å². The lowest BCUT2D eigenvalue weighted by molar-refractivity contribution is 0.112. The topological polar surface area (TPSA) is 33.1 Å². The maximum Gasteiger partial charge on any atom is 0.0948 e. The van der Waals surface area contributed by atoms with Gasteiger partial charge in [0.1, 0.15) is 0 Å². The zero-order chi connectivity index (χ0) is 13.8. The zero-order valence-corrected chi connectivity index (χ0v) is 12.8. The largest absolute Gasteiger partial charge is 0.333 e. The van der Waals surface area contributed by atoms with Crippen molar-refractivity contribution in [3.63, 3.8) is 0 Å². The van der Waals surface area contributed by atoms with Gasteiger partial charge in [0.25, 0.3) is 0 Å². The monoisotopic (exact) mass is 264 g/mol. The molecule has 0 aromatic carbocycles. The molecule has 0 aliphatic carbocycles. The van der Waals surface area contributed by atoms with E-state index in [1.54, 1.807) is 0 Å². The van der Waals surface area contributed by atoms with Gasteiger partial charge in [0.15, 0.2) is 0 Å². The minimum Gasteiger partial charge on any atom is -0.333 e. The van der Waals surface area contributed by atoms with Crippen molar-refractivity contribution in [1.82, 2.24) is 19.8 Å². The first-order chi connectivity index (χ1) is 9.13. The van der Waals surface area contributed by atoms with Crippen LogP contribution in [0.2, 0.25) is 0 Å². The van der Waals surface area contributed by atoms with Crippen molar-refractivity contribution in [2.75, 3.05) is 20.1 Å².